The Balaban J connectivity index is 1.53. The lowest BCUT2D eigenvalue weighted by molar-refractivity contribution is -0.347. The van der Waals surface area contributed by atoms with Gasteiger partial charge in [-0.2, -0.15) is 0 Å². The van der Waals surface area contributed by atoms with E-state index < -0.39 is 103 Å². The standard InChI is InChI=1S/C25H30O15/c26-7-15-19(31)20(32)21(33)24(39-15)40-23-18-17(11(8-37-23)22(34)35)14(29)6-25(18,36)9-38-16(30)4-2-10-1-3-12(27)13(28)5-10/h1-5,8,14-15,17-21,23-24,26-29,31-33,36H,6-7,9H2,(H,34,35)/b4-2+/t14-,15+,17-,18+,19+,20-,21+,23-,24-,25-/m0/s1. The summed E-state index contributed by atoms with van der Waals surface area (Å²) in [5.74, 6) is -5.85. The number of aliphatic hydroxyl groups is 6. The highest BCUT2D eigenvalue weighted by atomic mass is 16.8. The van der Waals surface area contributed by atoms with Crippen molar-refractivity contribution in [3.05, 3.63) is 41.7 Å². The first-order chi connectivity index (χ1) is 18.9. The molecule has 3 aliphatic rings. The number of benzene rings is 1. The number of aliphatic carboxylic acids is 1. The van der Waals surface area contributed by atoms with E-state index in [2.05, 4.69) is 0 Å². The predicted molar refractivity (Wildman–Crippen MR) is 128 cm³/mol. The number of esters is 1. The van der Waals surface area contributed by atoms with Crippen LogP contribution in [0.1, 0.15) is 12.0 Å². The molecule has 1 aromatic carbocycles. The first-order valence-corrected chi connectivity index (χ1v) is 12.2. The number of aromatic hydroxyl groups is 2. The van der Waals surface area contributed by atoms with Gasteiger partial charge in [0.15, 0.2) is 17.8 Å². The van der Waals surface area contributed by atoms with Crippen LogP contribution in [-0.4, -0.2) is 120 Å². The Kier molecular flexibility index (Phi) is 8.67. The lowest BCUT2D eigenvalue weighted by Crippen LogP contribution is -2.61. The summed E-state index contributed by atoms with van der Waals surface area (Å²) < 4.78 is 21.5. The highest BCUT2D eigenvalue weighted by Crippen LogP contribution is 2.50. The number of phenols is 2. The molecule has 1 aromatic rings. The van der Waals surface area contributed by atoms with Gasteiger partial charge in [-0.25, -0.2) is 9.59 Å². The quantitative estimate of drug-likeness (QED) is 0.0891. The van der Waals surface area contributed by atoms with Crippen molar-refractivity contribution < 1.29 is 74.5 Å². The molecule has 0 bridgehead atoms. The van der Waals surface area contributed by atoms with Gasteiger partial charge in [-0.1, -0.05) is 6.07 Å². The number of rotatable bonds is 8. The second-order valence-electron chi connectivity index (χ2n) is 9.83. The molecule has 1 aliphatic carbocycles. The fourth-order valence-corrected chi connectivity index (χ4v) is 5.16. The minimum atomic E-state index is -2.11. The van der Waals surface area contributed by atoms with E-state index >= 15 is 0 Å². The summed E-state index contributed by atoms with van der Waals surface area (Å²) in [4.78, 5) is 24.2. The van der Waals surface area contributed by atoms with Crippen LogP contribution >= 0.6 is 0 Å². The monoisotopic (exact) mass is 570 g/mol. The zero-order valence-corrected chi connectivity index (χ0v) is 20.8. The van der Waals surface area contributed by atoms with Crippen molar-refractivity contribution in [3.8, 4) is 11.5 Å². The fraction of sp³-hybridized carbons (Fsp3) is 0.520. The van der Waals surface area contributed by atoms with E-state index in [0.29, 0.717) is 5.56 Å². The van der Waals surface area contributed by atoms with Gasteiger partial charge in [-0.05, 0) is 23.8 Å². The number of carboxylic acids is 1. The molecule has 2 fully saturated rings. The van der Waals surface area contributed by atoms with Crippen molar-refractivity contribution in [3.63, 3.8) is 0 Å². The summed E-state index contributed by atoms with van der Waals surface area (Å²) in [6.07, 6.45) is -8.84. The first kappa shape index (κ1) is 29.7. The van der Waals surface area contributed by atoms with E-state index in [1.807, 2.05) is 0 Å². The van der Waals surface area contributed by atoms with Crippen molar-refractivity contribution in [1.82, 2.24) is 0 Å². The first-order valence-electron chi connectivity index (χ1n) is 12.2. The molecule has 0 unspecified atom stereocenters. The fourth-order valence-electron chi connectivity index (χ4n) is 5.16. The Bertz CT molecular complexity index is 1160. The summed E-state index contributed by atoms with van der Waals surface area (Å²) in [7, 11) is 0. The van der Waals surface area contributed by atoms with Crippen LogP contribution < -0.4 is 0 Å². The van der Waals surface area contributed by atoms with Crippen LogP contribution in [0.2, 0.25) is 0 Å². The molecule has 0 amide bonds. The maximum absolute atomic E-state index is 12.4. The third-order valence-corrected chi connectivity index (χ3v) is 7.21. The van der Waals surface area contributed by atoms with Gasteiger partial charge < -0.3 is 64.9 Å². The van der Waals surface area contributed by atoms with Crippen LogP contribution in [0.5, 0.6) is 11.5 Å². The Morgan fingerprint density at radius 2 is 1.77 bits per heavy atom. The Hall–Kier alpha value is -3.28. The molecule has 9 N–H and O–H groups in total. The van der Waals surface area contributed by atoms with Crippen LogP contribution in [0, 0.1) is 11.8 Å². The topological polar surface area (TPSA) is 253 Å². The summed E-state index contributed by atoms with van der Waals surface area (Å²) in [5.41, 5.74) is -2.18. The summed E-state index contributed by atoms with van der Waals surface area (Å²) in [5, 5.41) is 90.6. The molecule has 1 saturated heterocycles. The molecular formula is C25H30O15. The second-order valence-corrected chi connectivity index (χ2v) is 9.83. The van der Waals surface area contributed by atoms with Gasteiger partial charge in [-0.15, -0.1) is 0 Å². The lowest BCUT2D eigenvalue weighted by atomic mass is 9.80. The Morgan fingerprint density at radius 1 is 1.05 bits per heavy atom. The number of ether oxygens (including phenoxy) is 4. The highest BCUT2D eigenvalue weighted by molar-refractivity contribution is 5.88. The molecule has 1 saturated carbocycles. The van der Waals surface area contributed by atoms with E-state index in [1.165, 1.54) is 24.3 Å². The van der Waals surface area contributed by atoms with Gasteiger partial charge in [0, 0.05) is 18.4 Å². The van der Waals surface area contributed by atoms with Crippen molar-refractivity contribution in [2.75, 3.05) is 13.2 Å². The highest BCUT2D eigenvalue weighted by Gasteiger charge is 2.62. The zero-order valence-electron chi connectivity index (χ0n) is 20.8. The third kappa shape index (κ3) is 5.77. The molecule has 2 aliphatic heterocycles. The van der Waals surface area contributed by atoms with E-state index in [9.17, 15) is 55.5 Å². The number of carbonyl (C=O) groups excluding carboxylic acids is 1. The molecule has 0 spiro atoms. The minimum absolute atomic E-state index is 0.340. The van der Waals surface area contributed by atoms with Gasteiger partial charge in [0.2, 0.25) is 6.29 Å². The van der Waals surface area contributed by atoms with Crippen molar-refractivity contribution in [1.29, 1.82) is 0 Å². The molecule has 4 rings (SSSR count). The van der Waals surface area contributed by atoms with Crippen molar-refractivity contribution in [2.45, 2.75) is 55.1 Å². The molecule has 15 nitrogen and oxygen atoms in total. The smallest absolute Gasteiger partial charge is 0.335 e. The normalized spacial score (nSPS) is 37.5. The van der Waals surface area contributed by atoms with Gasteiger partial charge in [0.05, 0.1) is 30.5 Å². The predicted octanol–water partition coefficient (Wildman–Crippen LogP) is -2.48. The minimum Gasteiger partial charge on any atom is -0.504 e. The average molecular weight is 571 g/mol. The number of fused-ring (bicyclic) bond motifs is 1. The molecule has 0 aromatic heterocycles. The average Bonchev–Trinajstić information content (AvgIpc) is 3.19. The van der Waals surface area contributed by atoms with E-state index in [4.69, 9.17) is 18.9 Å². The summed E-state index contributed by atoms with van der Waals surface area (Å²) in [6.45, 7) is -1.50. The number of hydrogen-bond acceptors (Lipinski definition) is 14. The maximum Gasteiger partial charge on any atom is 0.335 e. The zero-order chi connectivity index (χ0) is 29.4. The van der Waals surface area contributed by atoms with Crippen LogP contribution in [-0.2, 0) is 28.5 Å². The largest absolute Gasteiger partial charge is 0.504 e. The van der Waals surface area contributed by atoms with E-state index in [-0.39, 0.29) is 5.75 Å². The summed E-state index contributed by atoms with van der Waals surface area (Å²) >= 11 is 0. The van der Waals surface area contributed by atoms with E-state index in [0.717, 1.165) is 12.3 Å². The van der Waals surface area contributed by atoms with Crippen molar-refractivity contribution in [2.24, 2.45) is 11.8 Å². The molecule has 40 heavy (non-hydrogen) atoms. The van der Waals surface area contributed by atoms with E-state index in [1.54, 1.807) is 0 Å². The Labute approximate surface area is 226 Å². The number of hydrogen-bond donors (Lipinski definition) is 9. The molecule has 0 radical (unpaired) electrons. The van der Waals surface area contributed by atoms with Gasteiger partial charge in [0.1, 0.15) is 36.6 Å². The molecular weight excluding hydrogens is 540 g/mol. The lowest BCUT2D eigenvalue weighted by Gasteiger charge is -2.44. The van der Waals surface area contributed by atoms with Gasteiger partial charge >= 0.3 is 11.9 Å². The Morgan fingerprint density at radius 3 is 2.42 bits per heavy atom. The molecule has 2 heterocycles. The SMILES string of the molecule is O=C(/C=C/c1ccc(O)c(O)c1)OC[C@@]1(O)C[C@H](O)[C@@H]2C(C(=O)O)=CO[C@@H](O[C@@H]3O[C@H](CO)[C@@H](O)[C@H](O)[C@H]3O)[C@@H]21. The molecule has 220 valence electrons. The third-order valence-electron chi connectivity index (χ3n) is 7.21. The number of carboxylic acid groups (broad SMARTS) is 1. The number of carbonyl (C=O) groups is 2. The maximum atomic E-state index is 12.4. The van der Waals surface area contributed by atoms with Gasteiger partial charge in [-0.3, -0.25) is 0 Å². The number of phenolic OH excluding ortho intramolecular Hbond substituents is 2. The molecule has 15 heteroatoms. The molecule has 10 atom stereocenters. The van der Waals surface area contributed by atoms with Crippen LogP contribution in [0.3, 0.4) is 0 Å². The second kappa shape index (κ2) is 11.7. The number of aliphatic hydroxyl groups excluding tert-OH is 5. The van der Waals surface area contributed by atoms with Gasteiger partial charge in [0.25, 0.3) is 0 Å². The van der Waals surface area contributed by atoms with Crippen LogP contribution in [0.4, 0.5) is 0 Å². The van der Waals surface area contributed by atoms with Crippen LogP contribution in [0.25, 0.3) is 6.08 Å². The van der Waals surface area contributed by atoms with Crippen molar-refractivity contribution >= 4 is 18.0 Å². The summed E-state index contributed by atoms with van der Waals surface area (Å²) in [6, 6.07) is 3.80. The van der Waals surface area contributed by atoms with Crippen LogP contribution in [0.15, 0.2) is 36.1 Å².